The summed E-state index contributed by atoms with van der Waals surface area (Å²) in [5.74, 6) is -0.790. The summed E-state index contributed by atoms with van der Waals surface area (Å²) in [5, 5.41) is 3.12. The largest absolute Gasteiger partial charge is 0.465 e. The molecule has 1 aliphatic heterocycles. The zero-order chi connectivity index (χ0) is 25.7. The fraction of sp³-hybridized carbons (Fsp3) is 0.889. The summed E-state index contributed by atoms with van der Waals surface area (Å²) < 4.78 is 16.3. The fourth-order valence-electron chi connectivity index (χ4n) is 4.04. The van der Waals surface area contributed by atoms with E-state index in [4.69, 9.17) is 14.2 Å². The number of rotatable bonds is 21. The number of hydrogen-bond acceptors (Lipinski definition) is 8. The monoisotopic (exact) mass is 498 g/mol. The molecule has 0 aliphatic carbocycles. The average molecular weight is 499 g/mol. The van der Waals surface area contributed by atoms with Crippen molar-refractivity contribution in [3.8, 4) is 0 Å². The highest BCUT2D eigenvalue weighted by molar-refractivity contribution is 5.76. The van der Waals surface area contributed by atoms with Gasteiger partial charge >= 0.3 is 17.9 Å². The van der Waals surface area contributed by atoms with Crippen LogP contribution < -0.4 is 5.32 Å². The Kier molecular flexibility index (Phi) is 18.4. The van der Waals surface area contributed by atoms with Gasteiger partial charge in [0, 0.05) is 13.0 Å². The van der Waals surface area contributed by atoms with Crippen LogP contribution in [0.1, 0.15) is 103 Å². The van der Waals surface area contributed by atoms with Crippen LogP contribution in [-0.4, -0.2) is 75.4 Å². The van der Waals surface area contributed by atoms with E-state index in [1.165, 1.54) is 38.5 Å². The van der Waals surface area contributed by atoms with Gasteiger partial charge in [0.05, 0.1) is 13.0 Å². The number of ether oxygens (including phenoxy) is 3. The van der Waals surface area contributed by atoms with E-state index in [1.54, 1.807) is 0 Å². The van der Waals surface area contributed by atoms with Crippen LogP contribution in [0.2, 0.25) is 0 Å². The summed E-state index contributed by atoms with van der Waals surface area (Å²) in [5.41, 5.74) is 0. The standard InChI is InChI=1S/C27H50N2O6/c1-4-5-6-7-8-9-10-11-12-17-25(30)34-22-23(35-26(31)18-20-29(2)3)15-14-21-33-27(32)24-16-13-19-28-24/h23-24,28H,4-22H2,1-3H3. The number of nitrogens with one attached hydrogen (secondary N) is 1. The second kappa shape index (κ2) is 20.5. The second-order valence-corrected chi connectivity index (χ2v) is 9.89. The van der Waals surface area contributed by atoms with Crippen LogP contribution in [-0.2, 0) is 28.6 Å². The number of hydrogen-bond donors (Lipinski definition) is 1. The molecule has 0 aromatic rings. The third-order valence-electron chi connectivity index (χ3n) is 6.24. The molecule has 204 valence electrons. The molecule has 0 aromatic carbocycles. The summed E-state index contributed by atoms with van der Waals surface area (Å²) in [6, 6.07) is -0.211. The van der Waals surface area contributed by atoms with Crippen LogP contribution in [0.5, 0.6) is 0 Å². The normalized spacial score (nSPS) is 16.3. The second-order valence-electron chi connectivity index (χ2n) is 9.89. The van der Waals surface area contributed by atoms with Crippen molar-refractivity contribution >= 4 is 17.9 Å². The lowest BCUT2D eigenvalue weighted by Crippen LogP contribution is -2.32. The van der Waals surface area contributed by atoms with Gasteiger partial charge in [-0.2, -0.15) is 0 Å². The lowest BCUT2D eigenvalue weighted by molar-refractivity contribution is -0.160. The van der Waals surface area contributed by atoms with Crippen molar-refractivity contribution < 1.29 is 28.6 Å². The molecule has 8 nitrogen and oxygen atoms in total. The van der Waals surface area contributed by atoms with Crippen molar-refractivity contribution in [3.63, 3.8) is 0 Å². The molecule has 2 unspecified atom stereocenters. The van der Waals surface area contributed by atoms with Crippen LogP contribution in [0.3, 0.4) is 0 Å². The Morgan fingerprint density at radius 1 is 0.886 bits per heavy atom. The third-order valence-corrected chi connectivity index (χ3v) is 6.24. The minimum absolute atomic E-state index is 0.0437. The molecule has 0 radical (unpaired) electrons. The zero-order valence-electron chi connectivity index (χ0n) is 22.5. The van der Waals surface area contributed by atoms with E-state index in [2.05, 4.69) is 12.2 Å². The summed E-state index contributed by atoms with van der Waals surface area (Å²) in [4.78, 5) is 38.3. The van der Waals surface area contributed by atoms with Crippen LogP contribution in [0.4, 0.5) is 0 Å². The number of carbonyl (C=O) groups excluding carboxylic acids is 3. The number of unbranched alkanes of at least 4 members (excludes halogenated alkanes) is 8. The third kappa shape index (κ3) is 17.4. The molecule has 0 amide bonds. The van der Waals surface area contributed by atoms with Gasteiger partial charge in [-0.3, -0.25) is 14.4 Å². The first-order chi connectivity index (χ1) is 16.9. The van der Waals surface area contributed by atoms with Gasteiger partial charge in [-0.15, -0.1) is 0 Å². The zero-order valence-corrected chi connectivity index (χ0v) is 22.5. The predicted molar refractivity (Wildman–Crippen MR) is 137 cm³/mol. The molecule has 0 saturated carbocycles. The van der Waals surface area contributed by atoms with Crippen molar-refractivity contribution in [1.82, 2.24) is 10.2 Å². The molecule has 35 heavy (non-hydrogen) atoms. The Morgan fingerprint density at radius 3 is 2.20 bits per heavy atom. The highest BCUT2D eigenvalue weighted by atomic mass is 16.6. The van der Waals surface area contributed by atoms with Crippen LogP contribution >= 0.6 is 0 Å². The predicted octanol–water partition coefficient (Wildman–Crippen LogP) is 4.39. The van der Waals surface area contributed by atoms with Crippen molar-refractivity contribution in [3.05, 3.63) is 0 Å². The molecule has 1 N–H and O–H groups in total. The first-order valence-electron chi connectivity index (χ1n) is 13.8. The van der Waals surface area contributed by atoms with Gasteiger partial charge < -0.3 is 24.4 Å². The summed E-state index contributed by atoms with van der Waals surface area (Å²) >= 11 is 0. The Balaban J connectivity index is 2.26. The molecule has 0 spiro atoms. The molecule has 1 fully saturated rings. The van der Waals surface area contributed by atoms with Crippen molar-refractivity contribution in [1.29, 1.82) is 0 Å². The maximum atomic E-state index is 12.2. The van der Waals surface area contributed by atoms with Gasteiger partial charge in [0.25, 0.3) is 0 Å². The number of nitrogens with zero attached hydrogens (tertiary/aromatic N) is 1. The van der Waals surface area contributed by atoms with E-state index in [0.29, 0.717) is 25.8 Å². The van der Waals surface area contributed by atoms with Gasteiger partial charge in [-0.25, -0.2) is 0 Å². The van der Waals surface area contributed by atoms with E-state index in [0.717, 1.165) is 38.6 Å². The van der Waals surface area contributed by atoms with Crippen LogP contribution in [0.25, 0.3) is 0 Å². The Hall–Kier alpha value is -1.67. The smallest absolute Gasteiger partial charge is 0.323 e. The number of carbonyl (C=O) groups is 3. The quantitative estimate of drug-likeness (QED) is 0.141. The van der Waals surface area contributed by atoms with E-state index in [-0.39, 0.29) is 43.6 Å². The molecule has 1 rings (SSSR count). The molecule has 8 heteroatoms. The van der Waals surface area contributed by atoms with Crippen molar-refractivity contribution in [2.75, 3.05) is 40.4 Å². The lowest BCUT2D eigenvalue weighted by Gasteiger charge is -2.19. The molecule has 0 aromatic heterocycles. The number of esters is 3. The first kappa shape index (κ1) is 31.4. The highest BCUT2D eigenvalue weighted by Crippen LogP contribution is 2.12. The summed E-state index contributed by atoms with van der Waals surface area (Å²) in [6.45, 7) is 3.96. The maximum Gasteiger partial charge on any atom is 0.323 e. The Bertz CT molecular complexity index is 578. The van der Waals surface area contributed by atoms with E-state index >= 15 is 0 Å². The minimum Gasteiger partial charge on any atom is -0.465 e. The van der Waals surface area contributed by atoms with Crippen LogP contribution in [0.15, 0.2) is 0 Å². The maximum absolute atomic E-state index is 12.2. The molecular weight excluding hydrogens is 448 g/mol. The van der Waals surface area contributed by atoms with Gasteiger partial charge in [0.1, 0.15) is 18.8 Å². The SMILES string of the molecule is CCCCCCCCCCCC(=O)OCC(CCCOC(=O)C1CCCN1)OC(=O)CCN(C)C. The Morgan fingerprint density at radius 2 is 1.57 bits per heavy atom. The fourth-order valence-corrected chi connectivity index (χ4v) is 4.04. The van der Waals surface area contributed by atoms with Gasteiger partial charge in [-0.05, 0) is 52.7 Å². The highest BCUT2D eigenvalue weighted by Gasteiger charge is 2.23. The topological polar surface area (TPSA) is 94.2 Å². The molecule has 1 heterocycles. The molecule has 2 atom stereocenters. The molecular formula is C27H50N2O6. The van der Waals surface area contributed by atoms with Gasteiger partial charge in [0.15, 0.2) is 0 Å². The summed E-state index contributed by atoms with van der Waals surface area (Å²) in [7, 11) is 3.79. The summed E-state index contributed by atoms with van der Waals surface area (Å²) in [6.07, 6.45) is 13.7. The minimum atomic E-state index is -0.528. The van der Waals surface area contributed by atoms with E-state index in [1.807, 2.05) is 19.0 Å². The van der Waals surface area contributed by atoms with Crippen LogP contribution in [0, 0.1) is 0 Å². The average Bonchev–Trinajstić information content (AvgIpc) is 3.37. The van der Waals surface area contributed by atoms with Gasteiger partial charge in [0.2, 0.25) is 0 Å². The Labute approximate surface area is 212 Å². The van der Waals surface area contributed by atoms with Gasteiger partial charge in [-0.1, -0.05) is 58.3 Å². The lowest BCUT2D eigenvalue weighted by atomic mass is 10.1. The van der Waals surface area contributed by atoms with Crippen molar-refractivity contribution in [2.45, 2.75) is 115 Å². The molecule has 1 saturated heterocycles. The van der Waals surface area contributed by atoms with Crippen molar-refractivity contribution in [2.24, 2.45) is 0 Å². The van der Waals surface area contributed by atoms with E-state index < -0.39 is 6.10 Å². The first-order valence-corrected chi connectivity index (χ1v) is 13.8. The molecule has 1 aliphatic rings. The van der Waals surface area contributed by atoms with E-state index in [9.17, 15) is 14.4 Å². The molecule has 0 bridgehead atoms.